The number of carbonyl (C=O) groups is 3. The molecule has 0 radical (unpaired) electrons. The van der Waals surface area contributed by atoms with Gasteiger partial charge in [0.2, 0.25) is 5.91 Å². The molecule has 2 fully saturated rings. The second kappa shape index (κ2) is 10.8. The van der Waals surface area contributed by atoms with Gasteiger partial charge in [-0.25, -0.2) is 4.39 Å². The third-order valence-corrected chi connectivity index (χ3v) is 6.95. The molecule has 1 unspecified atom stereocenters. The number of hydrogen-bond donors (Lipinski definition) is 2. The second-order valence-corrected chi connectivity index (χ2v) is 9.40. The van der Waals surface area contributed by atoms with E-state index < -0.39 is 5.82 Å². The monoisotopic (exact) mass is 465 g/mol. The first-order valence-electron chi connectivity index (χ1n) is 12.1. The van der Waals surface area contributed by atoms with Crippen molar-refractivity contribution in [1.82, 2.24) is 15.5 Å². The molecular formula is C27H32FN3O3. The first-order chi connectivity index (χ1) is 16.4. The van der Waals surface area contributed by atoms with Crippen LogP contribution in [0.15, 0.2) is 48.5 Å². The predicted molar refractivity (Wildman–Crippen MR) is 128 cm³/mol. The average molecular weight is 466 g/mol. The van der Waals surface area contributed by atoms with Gasteiger partial charge in [-0.1, -0.05) is 37.1 Å². The van der Waals surface area contributed by atoms with Crippen molar-refractivity contribution in [1.29, 1.82) is 0 Å². The van der Waals surface area contributed by atoms with Crippen molar-refractivity contribution in [3.05, 3.63) is 71.0 Å². The van der Waals surface area contributed by atoms with Gasteiger partial charge in [0.25, 0.3) is 11.8 Å². The van der Waals surface area contributed by atoms with Gasteiger partial charge < -0.3 is 15.5 Å². The molecule has 4 rings (SSSR count). The number of benzene rings is 2. The molecule has 1 saturated heterocycles. The quantitative estimate of drug-likeness (QED) is 0.704. The van der Waals surface area contributed by atoms with Crippen molar-refractivity contribution in [2.45, 2.75) is 57.5 Å². The van der Waals surface area contributed by atoms with E-state index in [0.717, 1.165) is 37.7 Å². The summed E-state index contributed by atoms with van der Waals surface area (Å²) >= 11 is 0. The zero-order valence-electron chi connectivity index (χ0n) is 19.6. The number of rotatable bonds is 5. The number of aryl methyl sites for hydroxylation is 1. The number of halogens is 1. The Labute approximate surface area is 199 Å². The lowest BCUT2D eigenvalue weighted by molar-refractivity contribution is -0.127. The Morgan fingerprint density at radius 2 is 1.65 bits per heavy atom. The Kier molecular flexibility index (Phi) is 7.60. The Balaban J connectivity index is 1.37. The Bertz CT molecular complexity index is 1060. The van der Waals surface area contributed by atoms with Crippen LogP contribution in [-0.4, -0.2) is 47.8 Å². The number of likely N-dealkylation sites (tertiary alicyclic amines) is 1. The molecule has 2 aliphatic rings. The third kappa shape index (κ3) is 5.64. The molecule has 1 saturated carbocycles. The van der Waals surface area contributed by atoms with Gasteiger partial charge in [0.05, 0.1) is 5.92 Å². The maximum absolute atomic E-state index is 13.6. The highest BCUT2D eigenvalue weighted by Crippen LogP contribution is 2.23. The van der Waals surface area contributed by atoms with Crippen molar-refractivity contribution in [2.24, 2.45) is 5.92 Å². The fourth-order valence-electron chi connectivity index (χ4n) is 5.03. The molecule has 180 valence electrons. The van der Waals surface area contributed by atoms with E-state index in [1.54, 1.807) is 11.0 Å². The van der Waals surface area contributed by atoms with Crippen LogP contribution in [0.4, 0.5) is 4.39 Å². The van der Waals surface area contributed by atoms with Crippen LogP contribution >= 0.6 is 0 Å². The normalized spacial score (nSPS) is 22.6. The van der Waals surface area contributed by atoms with Crippen LogP contribution in [-0.2, 0) is 4.79 Å². The van der Waals surface area contributed by atoms with Crippen molar-refractivity contribution >= 4 is 17.7 Å². The molecule has 7 heteroatoms. The van der Waals surface area contributed by atoms with Crippen LogP contribution < -0.4 is 10.6 Å². The topological polar surface area (TPSA) is 78.5 Å². The van der Waals surface area contributed by atoms with E-state index >= 15 is 0 Å². The highest BCUT2D eigenvalue weighted by atomic mass is 19.1. The zero-order valence-corrected chi connectivity index (χ0v) is 19.6. The minimum absolute atomic E-state index is 0.0845. The summed E-state index contributed by atoms with van der Waals surface area (Å²) in [6.07, 6.45) is 5.05. The van der Waals surface area contributed by atoms with Gasteiger partial charge in [0, 0.05) is 36.3 Å². The molecule has 0 spiro atoms. The number of amides is 3. The van der Waals surface area contributed by atoms with E-state index in [1.165, 1.54) is 18.2 Å². The summed E-state index contributed by atoms with van der Waals surface area (Å²) in [4.78, 5) is 40.5. The first-order valence-corrected chi connectivity index (χ1v) is 12.1. The maximum atomic E-state index is 13.6. The van der Waals surface area contributed by atoms with Crippen molar-refractivity contribution in [2.75, 3.05) is 13.1 Å². The van der Waals surface area contributed by atoms with Crippen molar-refractivity contribution < 1.29 is 18.8 Å². The molecule has 1 heterocycles. The van der Waals surface area contributed by atoms with E-state index in [1.807, 2.05) is 31.2 Å². The Hall–Kier alpha value is -3.22. The van der Waals surface area contributed by atoms with Gasteiger partial charge in [-0.05, 0) is 62.4 Å². The molecule has 3 amide bonds. The van der Waals surface area contributed by atoms with Gasteiger partial charge >= 0.3 is 0 Å². The number of nitrogens with zero attached hydrogens (tertiary/aromatic N) is 1. The van der Waals surface area contributed by atoms with Crippen LogP contribution in [0.5, 0.6) is 0 Å². The Morgan fingerprint density at radius 3 is 2.38 bits per heavy atom. The van der Waals surface area contributed by atoms with Crippen LogP contribution in [0.3, 0.4) is 0 Å². The molecule has 3 atom stereocenters. The van der Waals surface area contributed by atoms with E-state index in [4.69, 9.17) is 0 Å². The van der Waals surface area contributed by atoms with E-state index in [-0.39, 0.29) is 35.7 Å². The first kappa shape index (κ1) is 23.9. The number of hydrogen-bond acceptors (Lipinski definition) is 3. The van der Waals surface area contributed by atoms with Crippen molar-refractivity contribution in [3.8, 4) is 0 Å². The lowest BCUT2D eigenvalue weighted by atomic mass is 9.88. The molecule has 6 nitrogen and oxygen atoms in total. The van der Waals surface area contributed by atoms with Crippen LogP contribution in [0.2, 0.25) is 0 Å². The number of nitrogens with one attached hydrogen (secondary N) is 2. The van der Waals surface area contributed by atoms with Gasteiger partial charge in [-0.3, -0.25) is 14.4 Å². The Morgan fingerprint density at radius 1 is 0.912 bits per heavy atom. The van der Waals surface area contributed by atoms with Gasteiger partial charge in [-0.2, -0.15) is 0 Å². The second-order valence-electron chi connectivity index (χ2n) is 9.40. The fourth-order valence-corrected chi connectivity index (χ4v) is 5.03. The summed E-state index contributed by atoms with van der Waals surface area (Å²) in [7, 11) is 0. The number of piperidine rings is 1. The van der Waals surface area contributed by atoms with Gasteiger partial charge in [0.1, 0.15) is 5.82 Å². The van der Waals surface area contributed by atoms with Crippen LogP contribution in [0.1, 0.15) is 64.8 Å². The molecule has 2 N–H and O–H groups in total. The highest BCUT2D eigenvalue weighted by molar-refractivity contribution is 5.96. The van der Waals surface area contributed by atoms with Gasteiger partial charge in [0.15, 0.2) is 0 Å². The molecule has 2 aromatic carbocycles. The van der Waals surface area contributed by atoms with E-state index in [0.29, 0.717) is 30.6 Å². The summed E-state index contributed by atoms with van der Waals surface area (Å²) in [6, 6.07) is 12.9. The van der Waals surface area contributed by atoms with E-state index in [2.05, 4.69) is 10.6 Å². The summed E-state index contributed by atoms with van der Waals surface area (Å²) in [5.74, 6) is -1.22. The molecule has 0 bridgehead atoms. The molecule has 0 aromatic heterocycles. The molecule has 1 aliphatic heterocycles. The summed E-state index contributed by atoms with van der Waals surface area (Å²) < 4.78 is 13.6. The standard InChI is InChI=1S/C27H32FN3O3/c1-18-8-2-3-12-22(18)26(33)30-24-14-5-4-13-23(24)29-25(32)20-10-7-15-31(17-20)27(34)19-9-6-11-21(28)16-19/h2-3,6,8-9,11-12,16,20,23-24H,4-5,7,10,13-15,17H2,1H3,(H,29,32)(H,30,33)/t20?,23-,24-/m1/s1. The van der Waals surface area contributed by atoms with E-state index in [9.17, 15) is 18.8 Å². The van der Waals surface area contributed by atoms with Crippen molar-refractivity contribution in [3.63, 3.8) is 0 Å². The molecule has 34 heavy (non-hydrogen) atoms. The molecular weight excluding hydrogens is 433 g/mol. The fraction of sp³-hybridized carbons (Fsp3) is 0.444. The smallest absolute Gasteiger partial charge is 0.253 e. The summed E-state index contributed by atoms with van der Waals surface area (Å²) in [6.45, 7) is 2.78. The molecule has 2 aromatic rings. The minimum Gasteiger partial charge on any atom is -0.351 e. The lowest BCUT2D eigenvalue weighted by Crippen LogP contribution is -2.55. The molecule has 1 aliphatic carbocycles. The third-order valence-electron chi connectivity index (χ3n) is 6.95. The zero-order chi connectivity index (χ0) is 24.1. The average Bonchev–Trinajstić information content (AvgIpc) is 2.85. The SMILES string of the molecule is Cc1ccccc1C(=O)N[C@@H]1CCCC[C@H]1NC(=O)C1CCCN(C(=O)c2cccc(F)c2)C1. The summed E-state index contributed by atoms with van der Waals surface area (Å²) in [5, 5.41) is 6.30. The van der Waals surface area contributed by atoms with Crippen LogP contribution in [0.25, 0.3) is 0 Å². The summed E-state index contributed by atoms with van der Waals surface area (Å²) in [5.41, 5.74) is 1.87. The lowest BCUT2D eigenvalue weighted by Gasteiger charge is -2.36. The predicted octanol–water partition coefficient (Wildman–Crippen LogP) is 3.84. The highest BCUT2D eigenvalue weighted by Gasteiger charge is 2.33. The van der Waals surface area contributed by atoms with Gasteiger partial charge in [-0.15, -0.1) is 0 Å². The largest absolute Gasteiger partial charge is 0.351 e. The minimum atomic E-state index is -0.451. The number of carbonyl (C=O) groups excluding carboxylic acids is 3. The van der Waals surface area contributed by atoms with Crippen LogP contribution in [0, 0.1) is 18.7 Å². The maximum Gasteiger partial charge on any atom is 0.253 e.